The zero-order chi connectivity index (χ0) is 13.1. The predicted octanol–water partition coefficient (Wildman–Crippen LogP) is 1.54. The van der Waals surface area contributed by atoms with Gasteiger partial charge in [-0.05, 0) is 13.3 Å². The molecule has 0 saturated heterocycles. The SMILES string of the molecule is CCCC(C)Nc1nc(N)c2[nH]c(OC)nc2n1. The molecule has 2 rings (SSSR count). The molecule has 1 unspecified atom stereocenters. The van der Waals surface area contributed by atoms with E-state index in [0.29, 0.717) is 35.0 Å². The van der Waals surface area contributed by atoms with Crippen LogP contribution in [0.2, 0.25) is 0 Å². The summed E-state index contributed by atoms with van der Waals surface area (Å²) in [6, 6.07) is 0.678. The van der Waals surface area contributed by atoms with E-state index < -0.39 is 0 Å². The molecule has 0 aromatic carbocycles. The van der Waals surface area contributed by atoms with Gasteiger partial charge in [0.05, 0.1) is 7.11 Å². The third-order valence-corrected chi connectivity index (χ3v) is 2.65. The Kier molecular flexibility index (Phi) is 3.50. The van der Waals surface area contributed by atoms with Gasteiger partial charge < -0.3 is 20.8 Å². The van der Waals surface area contributed by atoms with Crippen LogP contribution in [0.5, 0.6) is 6.01 Å². The van der Waals surface area contributed by atoms with Gasteiger partial charge in [0, 0.05) is 6.04 Å². The summed E-state index contributed by atoms with van der Waals surface area (Å²) in [6.07, 6.45) is 2.15. The number of nitrogen functional groups attached to an aromatic ring is 1. The Hall–Kier alpha value is -2.05. The van der Waals surface area contributed by atoms with Crippen LogP contribution in [0.1, 0.15) is 26.7 Å². The minimum atomic E-state index is 0.299. The second kappa shape index (κ2) is 5.07. The van der Waals surface area contributed by atoms with E-state index in [1.54, 1.807) is 0 Å². The first-order chi connectivity index (χ1) is 8.63. The summed E-state index contributed by atoms with van der Waals surface area (Å²) >= 11 is 0. The van der Waals surface area contributed by atoms with Gasteiger partial charge in [-0.15, -0.1) is 0 Å². The minimum absolute atomic E-state index is 0.299. The van der Waals surface area contributed by atoms with Crippen LogP contribution in [0.4, 0.5) is 11.8 Å². The first-order valence-electron chi connectivity index (χ1n) is 5.97. The lowest BCUT2D eigenvalue weighted by Crippen LogP contribution is -2.17. The molecule has 2 aromatic rings. The fourth-order valence-corrected chi connectivity index (χ4v) is 1.78. The van der Waals surface area contributed by atoms with Gasteiger partial charge >= 0.3 is 0 Å². The number of nitrogens with zero attached hydrogens (tertiary/aromatic N) is 3. The molecule has 2 heterocycles. The zero-order valence-corrected chi connectivity index (χ0v) is 10.8. The van der Waals surface area contributed by atoms with Crippen LogP contribution < -0.4 is 15.8 Å². The standard InChI is InChI=1S/C11H18N6O/c1-4-5-6(2)13-10-15-8(12)7-9(16-10)17-11(14-7)18-3/h6H,4-5H2,1-3H3,(H4,12,13,14,15,16,17). The van der Waals surface area contributed by atoms with Crippen molar-refractivity contribution in [3.63, 3.8) is 0 Å². The van der Waals surface area contributed by atoms with E-state index in [9.17, 15) is 0 Å². The van der Waals surface area contributed by atoms with E-state index in [1.165, 1.54) is 7.11 Å². The Balaban J connectivity index is 2.30. The Bertz CT molecular complexity index is 538. The molecular weight excluding hydrogens is 232 g/mol. The maximum absolute atomic E-state index is 5.86. The largest absolute Gasteiger partial charge is 0.468 e. The third-order valence-electron chi connectivity index (χ3n) is 2.65. The molecule has 2 aromatic heterocycles. The minimum Gasteiger partial charge on any atom is -0.468 e. The molecule has 18 heavy (non-hydrogen) atoms. The van der Waals surface area contributed by atoms with Gasteiger partial charge in [0.1, 0.15) is 5.52 Å². The van der Waals surface area contributed by atoms with Crippen LogP contribution in [0.15, 0.2) is 0 Å². The lowest BCUT2D eigenvalue weighted by atomic mass is 10.2. The number of nitrogens with two attached hydrogens (primary N) is 1. The highest BCUT2D eigenvalue weighted by Crippen LogP contribution is 2.20. The molecule has 4 N–H and O–H groups in total. The molecule has 0 aliphatic rings. The van der Waals surface area contributed by atoms with E-state index in [-0.39, 0.29) is 0 Å². The highest BCUT2D eigenvalue weighted by Gasteiger charge is 2.12. The molecule has 0 fully saturated rings. The summed E-state index contributed by atoms with van der Waals surface area (Å²) in [4.78, 5) is 15.6. The van der Waals surface area contributed by atoms with Gasteiger partial charge in [-0.1, -0.05) is 13.3 Å². The molecule has 7 nitrogen and oxygen atoms in total. The van der Waals surface area contributed by atoms with Gasteiger partial charge in [-0.2, -0.15) is 15.0 Å². The van der Waals surface area contributed by atoms with Gasteiger partial charge in [-0.3, -0.25) is 0 Å². The maximum atomic E-state index is 5.86. The number of fused-ring (bicyclic) bond motifs is 1. The number of H-pyrrole nitrogens is 1. The number of ether oxygens (including phenoxy) is 1. The molecule has 0 aliphatic heterocycles. The summed E-state index contributed by atoms with van der Waals surface area (Å²) < 4.78 is 5.00. The van der Waals surface area contributed by atoms with Crippen LogP contribution in [0.3, 0.4) is 0 Å². The lowest BCUT2D eigenvalue weighted by Gasteiger charge is -2.12. The zero-order valence-electron chi connectivity index (χ0n) is 10.8. The Morgan fingerprint density at radius 2 is 2.17 bits per heavy atom. The molecule has 0 bridgehead atoms. The molecule has 1 atom stereocenters. The van der Waals surface area contributed by atoms with Gasteiger partial charge in [0.15, 0.2) is 11.5 Å². The topological polar surface area (TPSA) is 102 Å². The number of methoxy groups -OCH3 is 1. The van der Waals surface area contributed by atoms with Crippen molar-refractivity contribution in [3.8, 4) is 6.01 Å². The van der Waals surface area contributed by atoms with Crippen molar-refractivity contribution in [2.24, 2.45) is 0 Å². The monoisotopic (exact) mass is 250 g/mol. The number of hydrogen-bond donors (Lipinski definition) is 3. The highest BCUT2D eigenvalue weighted by atomic mass is 16.5. The Morgan fingerprint density at radius 3 is 2.83 bits per heavy atom. The molecule has 0 spiro atoms. The first kappa shape index (κ1) is 12.4. The maximum Gasteiger partial charge on any atom is 0.295 e. The molecule has 0 saturated carbocycles. The Labute approximate surface area is 105 Å². The fourth-order valence-electron chi connectivity index (χ4n) is 1.78. The van der Waals surface area contributed by atoms with Crippen molar-refractivity contribution < 1.29 is 4.74 Å². The van der Waals surface area contributed by atoms with Crippen LogP contribution in [0, 0.1) is 0 Å². The van der Waals surface area contributed by atoms with Gasteiger partial charge in [-0.25, -0.2) is 0 Å². The molecular formula is C11H18N6O. The molecule has 0 radical (unpaired) electrons. The van der Waals surface area contributed by atoms with Crippen LogP contribution in [-0.4, -0.2) is 33.1 Å². The number of anilines is 2. The van der Waals surface area contributed by atoms with Crippen LogP contribution in [0.25, 0.3) is 11.2 Å². The van der Waals surface area contributed by atoms with Crippen molar-refractivity contribution >= 4 is 22.9 Å². The van der Waals surface area contributed by atoms with Gasteiger partial charge in [0.25, 0.3) is 6.01 Å². The van der Waals surface area contributed by atoms with E-state index >= 15 is 0 Å². The number of imidazole rings is 1. The summed E-state index contributed by atoms with van der Waals surface area (Å²) in [7, 11) is 1.53. The van der Waals surface area contributed by atoms with Crippen molar-refractivity contribution in [2.75, 3.05) is 18.2 Å². The van der Waals surface area contributed by atoms with Crippen molar-refractivity contribution in [2.45, 2.75) is 32.7 Å². The first-order valence-corrected chi connectivity index (χ1v) is 5.97. The second-order valence-electron chi connectivity index (χ2n) is 4.21. The van der Waals surface area contributed by atoms with E-state index in [4.69, 9.17) is 10.5 Å². The second-order valence-corrected chi connectivity index (χ2v) is 4.21. The molecule has 98 valence electrons. The average molecular weight is 250 g/mol. The van der Waals surface area contributed by atoms with Crippen molar-refractivity contribution in [1.82, 2.24) is 19.9 Å². The molecule has 0 aliphatic carbocycles. The number of nitrogens with one attached hydrogen (secondary N) is 2. The fraction of sp³-hybridized carbons (Fsp3) is 0.545. The van der Waals surface area contributed by atoms with Crippen LogP contribution in [-0.2, 0) is 0 Å². The van der Waals surface area contributed by atoms with Crippen molar-refractivity contribution in [3.05, 3.63) is 0 Å². The number of aromatic nitrogens is 4. The van der Waals surface area contributed by atoms with E-state index in [1.807, 2.05) is 0 Å². The number of aromatic amines is 1. The van der Waals surface area contributed by atoms with Gasteiger partial charge in [0.2, 0.25) is 5.95 Å². The van der Waals surface area contributed by atoms with E-state index in [0.717, 1.165) is 12.8 Å². The number of hydrogen-bond acceptors (Lipinski definition) is 6. The summed E-state index contributed by atoms with van der Waals surface area (Å²) in [5, 5.41) is 3.21. The Morgan fingerprint density at radius 1 is 1.39 bits per heavy atom. The smallest absolute Gasteiger partial charge is 0.295 e. The molecule has 0 amide bonds. The summed E-state index contributed by atoms with van der Waals surface area (Å²) in [6.45, 7) is 4.22. The third kappa shape index (κ3) is 2.44. The normalized spacial score (nSPS) is 12.6. The quantitative estimate of drug-likeness (QED) is 0.744. The van der Waals surface area contributed by atoms with E-state index in [2.05, 4.69) is 39.1 Å². The van der Waals surface area contributed by atoms with Crippen molar-refractivity contribution in [1.29, 1.82) is 0 Å². The number of rotatable bonds is 5. The summed E-state index contributed by atoms with van der Waals surface area (Å²) in [5.41, 5.74) is 6.96. The average Bonchev–Trinajstić information content (AvgIpc) is 2.72. The highest BCUT2D eigenvalue weighted by molar-refractivity contribution is 5.83. The molecule has 7 heteroatoms. The van der Waals surface area contributed by atoms with Crippen LogP contribution >= 0.6 is 0 Å². The lowest BCUT2D eigenvalue weighted by molar-refractivity contribution is 0.386. The predicted molar refractivity (Wildman–Crippen MR) is 70.6 cm³/mol. The summed E-state index contributed by atoms with van der Waals surface area (Å²) in [5.74, 6) is 0.858.